The number of allylic oxidation sites excluding steroid dienone is 4. The minimum Gasteiger partial charge on any atom is -0.295 e. The Kier molecular flexibility index (Phi) is 3.76. The summed E-state index contributed by atoms with van der Waals surface area (Å²) in [7, 11) is 0. The fourth-order valence-corrected chi connectivity index (χ4v) is 2.43. The molecule has 2 aromatic rings. The van der Waals surface area contributed by atoms with Crippen molar-refractivity contribution >= 4 is 28.6 Å². The summed E-state index contributed by atoms with van der Waals surface area (Å²) in [6.45, 7) is 8.03. The Hall–Kier alpha value is -2.87. The molecule has 3 rings (SSSR count). The monoisotopic (exact) mass is 320 g/mol. The molecular formula is C19H20N4O. The van der Waals surface area contributed by atoms with Gasteiger partial charge in [-0.3, -0.25) is 14.7 Å². The zero-order chi connectivity index (χ0) is 17.5. The molecule has 0 aliphatic heterocycles. The van der Waals surface area contributed by atoms with Gasteiger partial charge in [-0.2, -0.15) is 5.26 Å². The number of nitrogens with zero attached hydrogens (tertiary/aromatic N) is 3. The number of nitrogens with one attached hydrogen (secondary N) is 1. The van der Waals surface area contributed by atoms with Gasteiger partial charge in [-0.05, 0) is 35.8 Å². The molecule has 0 fully saturated rings. The van der Waals surface area contributed by atoms with E-state index in [4.69, 9.17) is 5.26 Å². The van der Waals surface area contributed by atoms with Crippen LogP contribution in [0.15, 0.2) is 36.4 Å². The van der Waals surface area contributed by atoms with E-state index in [9.17, 15) is 4.79 Å². The van der Waals surface area contributed by atoms with Gasteiger partial charge in [-0.1, -0.05) is 33.8 Å². The number of hydrogen-bond acceptors (Lipinski definition) is 3. The van der Waals surface area contributed by atoms with Crippen LogP contribution in [0.3, 0.4) is 0 Å². The van der Waals surface area contributed by atoms with Crippen molar-refractivity contribution in [3.05, 3.63) is 42.0 Å². The third-order valence-corrected chi connectivity index (χ3v) is 4.50. The number of fused-ring (bicyclic) bond motifs is 1. The Morgan fingerprint density at radius 3 is 2.62 bits per heavy atom. The third kappa shape index (κ3) is 2.71. The highest BCUT2D eigenvalue weighted by molar-refractivity contribution is 5.96. The molecule has 1 aliphatic rings. The molecule has 5 heteroatoms. The highest BCUT2D eigenvalue weighted by Crippen LogP contribution is 2.30. The molecule has 0 spiro atoms. The molecule has 1 N–H and O–H groups in total. The maximum atomic E-state index is 12.6. The lowest BCUT2D eigenvalue weighted by molar-refractivity contribution is -0.122. The summed E-state index contributed by atoms with van der Waals surface area (Å²) >= 11 is 0. The lowest BCUT2D eigenvalue weighted by Gasteiger charge is -2.26. The van der Waals surface area contributed by atoms with Gasteiger partial charge >= 0.3 is 0 Å². The molecule has 122 valence electrons. The minimum atomic E-state index is -0.161. The van der Waals surface area contributed by atoms with E-state index in [-0.39, 0.29) is 17.2 Å². The van der Waals surface area contributed by atoms with Crippen LogP contribution in [0, 0.1) is 22.7 Å². The summed E-state index contributed by atoms with van der Waals surface area (Å²) in [4.78, 5) is 17.1. The highest BCUT2D eigenvalue weighted by atomic mass is 16.2. The maximum absolute atomic E-state index is 12.6. The molecular weight excluding hydrogens is 300 g/mol. The fraction of sp³-hybridized carbons (Fsp3) is 0.316. The molecule has 0 saturated carbocycles. The predicted octanol–water partition coefficient (Wildman–Crippen LogP) is 3.94. The molecule has 1 aliphatic carbocycles. The SMILES string of the molecule is C[C@@H](C(=O)Nc1nc2ccc(C#N)cc2n1C1=CC=C1)C(C)(C)C. The second-order valence-corrected chi connectivity index (χ2v) is 7.11. The number of nitriles is 1. The molecule has 0 saturated heterocycles. The molecule has 1 aromatic carbocycles. The van der Waals surface area contributed by atoms with Gasteiger partial charge in [0.25, 0.3) is 0 Å². The van der Waals surface area contributed by atoms with Crippen LogP contribution in [-0.2, 0) is 4.79 Å². The van der Waals surface area contributed by atoms with Crippen LogP contribution in [0.2, 0.25) is 0 Å². The number of imidazole rings is 1. The van der Waals surface area contributed by atoms with E-state index in [1.165, 1.54) is 0 Å². The number of rotatable bonds is 3. The van der Waals surface area contributed by atoms with Crippen LogP contribution < -0.4 is 5.32 Å². The van der Waals surface area contributed by atoms with Crippen molar-refractivity contribution in [2.45, 2.75) is 27.7 Å². The average Bonchev–Trinajstić information content (AvgIpc) is 2.81. The zero-order valence-corrected chi connectivity index (χ0v) is 14.3. The molecule has 1 atom stereocenters. The Balaban J connectivity index is 2.05. The molecule has 0 bridgehead atoms. The normalized spacial score (nSPS) is 14.7. The Morgan fingerprint density at radius 1 is 1.38 bits per heavy atom. The van der Waals surface area contributed by atoms with Crippen LogP contribution in [0.25, 0.3) is 16.7 Å². The third-order valence-electron chi connectivity index (χ3n) is 4.50. The number of carbonyl (C=O) groups excluding carboxylic acids is 1. The van der Waals surface area contributed by atoms with Crippen molar-refractivity contribution in [1.82, 2.24) is 9.55 Å². The van der Waals surface area contributed by atoms with E-state index in [1.807, 2.05) is 50.5 Å². The van der Waals surface area contributed by atoms with Gasteiger partial charge in [-0.25, -0.2) is 4.98 Å². The molecule has 1 heterocycles. The predicted molar refractivity (Wildman–Crippen MR) is 95.1 cm³/mol. The molecule has 5 nitrogen and oxygen atoms in total. The first-order valence-corrected chi connectivity index (χ1v) is 7.93. The highest BCUT2D eigenvalue weighted by Gasteiger charge is 2.28. The molecule has 1 aromatic heterocycles. The van der Waals surface area contributed by atoms with Crippen molar-refractivity contribution in [3.63, 3.8) is 0 Å². The lowest BCUT2D eigenvalue weighted by Crippen LogP contribution is -2.31. The van der Waals surface area contributed by atoms with Crippen molar-refractivity contribution < 1.29 is 4.79 Å². The van der Waals surface area contributed by atoms with Crippen molar-refractivity contribution in [1.29, 1.82) is 5.26 Å². The fourth-order valence-electron chi connectivity index (χ4n) is 2.43. The summed E-state index contributed by atoms with van der Waals surface area (Å²) in [5.41, 5.74) is 2.92. The van der Waals surface area contributed by atoms with Gasteiger partial charge < -0.3 is 0 Å². The van der Waals surface area contributed by atoms with Crippen LogP contribution in [-0.4, -0.2) is 15.5 Å². The van der Waals surface area contributed by atoms with Gasteiger partial charge in [0, 0.05) is 11.6 Å². The topological polar surface area (TPSA) is 70.7 Å². The first-order chi connectivity index (χ1) is 11.3. The van der Waals surface area contributed by atoms with Crippen LogP contribution >= 0.6 is 0 Å². The number of carbonyl (C=O) groups is 1. The summed E-state index contributed by atoms with van der Waals surface area (Å²) in [6.07, 6.45) is 5.82. The zero-order valence-electron chi connectivity index (χ0n) is 14.3. The van der Waals surface area contributed by atoms with Gasteiger partial charge in [0.1, 0.15) is 0 Å². The first kappa shape index (κ1) is 16.0. The van der Waals surface area contributed by atoms with Crippen molar-refractivity contribution in [2.75, 3.05) is 5.32 Å². The quantitative estimate of drug-likeness (QED) is 0.931. The molecule has 24 heavy (non-hydrogen) atoms. The van der Waals surface area contributed by atoms with Crippen LogP contribution in [0.4, 0.5) is 5.95 Å². The van der Waals surface area contributed by atoms with Crippen LogP contribution in [0.5, 0.6) is 0 Å². The largest absolute Gasteiger partial charge is 0.295 e. The van der Waals surface area contributed by atoms with Crippen molar-refractivity contribution in [3.8, 4) is 6.07 Å². The van der Waals surface area contributed by atoms with E-state index < -0.39 is 0 Å². The Labute approximate surface area is 141 Å². The smallest absolute Gasteiger partial charge is 0.230 e. The molecule has 1 amide bonds. The Morgan fingerprint density at radius 2 is 2.08 bits per heavy atom. The minimum absolute atomic E-state index is 0.0662. The van der Waals surface area contributed by atoms with Gasteiger partial charge in [0.15, 0.2) is 0 Å². The summed E-state index contributed by atoms with van der Waals surface area (Å²) < 4.78 is 1.88. The number of amides is 1. The summed E-state index contributed by atoms with van der Waals surface area (Å²) in [6, 6.07) is 7.47. The second-order valence-electron chi connectivity index (χ2n) is 7.11. The average molecular weight is 320 g/mol. The van der Waals surface area contributed by atoms with E-state index in [0.717, 1.165) is 16.7 Å². The molecule has 0 unspecified atom stereocenters. The standard InChI is InChI=1S/C19H20N4O/c1-12(19(2,3)4)17(24)22-18-21-15-9-8-13(11-20)10-16(15)23(18)14-6-5-7-14/h5-10,12H,1-4H3,(H,21,22,24)/t12-/m0/s1. The first-order valence-electron chi connectivity index (χ1n) is 7.93. The van der Waals surface area contributed by atoms with Gasteiger partial charge in [0.05, 0.1) is 22.7 Å². The summed E-state index contributed by atoms with van der Waals surface area (Å²) in [5.74, 6) is 0.256. The van der Waals surface area contributed by atoms with Gasteiger partial charge in [0.2, 0.25) is 11.9 Å². The van der Waals surface area contributed by atoms with Gasteiger partial charge in [-0.15, -0.1) is 0 Å². The van der Waals surface area contributed by atoms with Crippen LogP contribution in [0.1, 0.15) is 33.3 Å². The number of hydrogen-bond donors (Lipinski definition) is 1. The van der Waals surface area contributed by atoms with E-state index in [2.05, 4.69) is 16.4 Å². The second kappa shape index (κ2) is 5.64. The summed E-state index contributed by atoms with van der Waals surface area (Å²) in [5, 5.41) is 12.1. The molecule has 0 radical (unpaired) electrons. The maximum Gasteiger partial charge on any atom is 0.230 e. The van der Waals surface area contributed by atoms with E-state index in [1.54, 1.807) is 18.2 Å². The number of benzene rings is 1. The number of aromatic nitrogens is 2. The van der Waals surface area contributed by atoms with Crippen molar-refractivity contribution in [2.24, 2.45) is 11.3 Å². The Bertz CT molecular complexity index is 919. The van der Waals surface area contributed by atoms with E-state index >= 15 is 0 Å². The lowest BCUT2D eigenvalue weighted by atomic mass is 9.81. The number of anilines is 1. The van der Waals surface area contributed by atoms with E-state index in [0.29, 0.717) is 11.5 Å².